The highest BCUT2D eigenvalue weighted by Gasteiger charge is 2.35. The fraction of sp³-hybridized carbons (Fsp3) is 0.455. The second-order valence-corrected chi connectivity index (χ2v) is 7.39. The first kappa shape index (κ1) is 24.6. The van der Waals surface area contributed by atoms with Gasteiger partial charge < -0.3 is 35.0 Å². The van der Waals surface area contributed by atoms with Crippen molar-refractivity contribution in [2.75, 3.05) is 20.3 Å². The van der Waals surface area contributed by atoms with Gasteiger partial charge >= 0.3 is 0 Å². The topological polar surface area (TPSA) is 120 Å². The van der Waals surface area contributed by atoms with Crippen LogP contribution in [-0.4, -0.2) is 70.3 Å². The summed E-state index contributed by atoms with van der Waals surface area (Å²) < 4.78 is 10.8. The summed E-state index contributed by atoms with van der Waals surface area (Å²) in [5.74, 6) is 0.779. The summed E-state index contributed by atoms with van der Waals surface area (Å²) in [6.45, 7) is 1.75. The third-order valence-corrected chi connectivity index (χ3v) is 5.24. The molecule has 0 amide bonds. The van der Waals surface area contributed by atoms with Crippen LogP contribution in [0.25, 0.3) is 0 Å². The highest BCUT2D eigenvalue weighted by Crippen LogP contribution is 2.29. The van der Waals surface area contributed by atoms with E-state index in [-0.39, 0.29) is 0 Å². The Morgan fingerprint density at radius 2 is 1.60 bits per heavy atom. The van der Waals surface area contributed by atoms with E-state index in [4.69, 9.17) is 26.2 Å². The fourth-order valence-corrected chi connectivity index (χ4v) is 3.37. The number of rotatable bonds is 11. The molecule has 5 N–H and O–H groups in total. The third kappa shape index (κ3) is 6.15. The van der Waals surface area contributed by atoms with Gasteiger partial charge in [-0.15, -0.1) is 0 Å². The molecule has 0 heterocycles. The van der Waals surface area contributed by atoms with Gasteiger partial charge in [-0.3, -0.25) is 0 Å². The molecule has 0 fully saturated rings. The van der Waals surface area contributed by atoms with Gasteiger partial charge in [0.15, 0.2) is 0 Å². The molecule has 30 heavy (non-hydrogen) atoms. The molecule has 0 aliphatic rings. The van der Waals surface area contributed by atoms with Gasteiger partial charge in [-0.25, -0.2) is 0 Å². The Morgan fingerprint density at radius 3 is 2.17 bits per heavy atom. The van der Waals surface area contributed by atoms with E-state index in [1.165, 1.54) is 7.11 Å². The number of halogens is 1. The monoisotopic (exact) mass is 440 g/mol. The lowest BCUT2D eigenvalue weighted by Gasteiger charge is -2.30. The summed E-state index contributed by atoms with van der Waals surface area (Å²) in [6, 6.07) is 12.7. The molecule has 0 aliphatic carbocycles. The molecule has 2 aromatic rings. The number of methoxy groups -OCH3 is 1. The lowest BCUT2D eigenvalue weighted by Crippen LogP contribution is -2.48. The van der Waals surface area contributed by atoms with Crippen molar-refractivity contribution in [3.8, 4) is 5.75 Å². The Balaban J connectivity index is 2.22. The molecule has 0 radical (unpaired) electrons. The molecule has 0 unspecified atom stereocenters. The van der Waals surface area contributed by atoms with Crippen LogP contribution < -0.4 is 4.74 Å². The first-order valence-corrected chi connectivity index (χ1v) is 10.1. The molecule has 7 nitrogen and oxygen atoms in total. The number of aliphatic hydroxyl groups is 5. The van der Waals surface area contributed by atoms with Crippen molar-refractivity contribution in [3.63, 3.8) is 0 Å². The second kappa shape index (κ2) is 11.6. The number of ether oxygens (including phenoxy) is 2. The number of benzene rings is 2. The predicted molar refractivity (Wildman–Crippen MR) is 113 cm³/mol. The minimum Gasteiger partial charge on any atom is -0.494 e. The van der Waals surface area contributed by atoms with Gasteiger partial charge in [-0.2, -0.15) is 0 Å². The average molecular weight is 441 g/mol. The minimum atomic E-state index is -1.74. The van der Waals surface area contributed by atoms with Crippen molar-refractivity contribution >= 4 is 11.6 Å². The molecule has 8 heteroatoms. The van der Waals surface area contributed by atoms with Crippen LogP contribution in [0.1, 0.15) is 29.7 Å². The Labute approximate surface area is 181 Å². The van der Waals surface area contributed by atoms with E-state index < -0.39 is 37.1 Å². The normalized spacial score (nSPS) is 16.5. The van der Waals surface area contributed by atoms with Gasteiger partial charge in [0.1, 0.15) is 36.3 Å². The van der Waals surface area contributed by atoms with Gasteiger partial charge in [0.2, 0.25) is 0 Å². The summed E-state index contributed by atoms with van der Waals surface area (Å²) in [5.41, 5.74) is 2.34. The van der Waals surface area contributed by atoms with Crippen LogP contribution in [0.4, 0.5) is 0 Å². The summed E-state index contributed by atoms with van der Waals surface area (Å²) >= 11 is 6.35. The van der Waals surface area contributed by atoms with Crippen LogP contribution in [0.15, 0.2) is 42.5 Å². The molecule has 0 aliphatic heterocycles. The molecule has 0 saturated heterocycles. The van der Waals surface area contributed by atoms with Crippen molar-refractivity contribution in [3.05, 3.63) is 64.2 Å². The number of hydrogen-bond donors (Lipinski definition) is 5. The molecule has 5 atom stereocenters. The van der Waals surface area contributed by atoms with E-state index in [2.05, 4.69) is 0 Å². The van der Waals surface area contributed by atoms with E-state index in [9.17, 15) is 20.4 Å². The van der Waals surface area contributed by atoms with E-state index >= 15 is 0 Å². The Kier molecular flexibility index (Phi) is 9.51. The lowest BCUT2D eigenvalue weighted by atomic mass is 9.93. The van der Waals surface area contributed by atoms with E-state index in [1.54, 1.807) is 18.2 Å². The van der Waals surface area contributed by atoms with Gasteiger partial charge in [0, 0.05) is 12.1 Å². The van der Waals surface area contributed by atoms with Crippen molar-refractivity contribution in [2.24, 2.45) is 0 Å². The Bertz CT molecular complexity index is 784. The zero-order valence-corrected chi connectivity index (χ0v) is 17.7. The highest BCUT2D eigenvalue weighted by atomic mass is 35.5. The van der Waals surface area contributed by atoms with Gasteiger partial charge in [-0.05, 0) is 48.2 Å². The lowest BCUT2D eigenvalue weighted by molar-refractivity contribution is -0.146. The highest BCUT2D eigenvalue weighted by molar-refractivity contribution is 6.31. The molecule has 0 bridgehead atoms. The summed E-state index contributed by atoms with van der Waals surface area (Å²) in [6.07, 6.45) is -7.07. The molecule has 2 aromatic carbocycles. The number of hydrogen-bond acceptors (Lipinski definition) is 7. The second-order valence-electron chi connectivity index (χ2n) is 6.98. The molecular weight excluding hydrogens is 412 g/mol. The molecule has 0 aromatic heterocycles. The molecule has 0 spiro atoms. The maximum atomic E-state index is 10.5. The molecular formula is C22H29ClO7. The average Bonchev–Trinajstić information content (AvgIpc) is 2.76. The van der Waals surface area contributed by atoms with Gasteiger partial charge in [0.25, 0.3) is 0 Å². The summed E-state index contributed by atoms with van der Waals surface area (Å²) in [5, 5.41) is 49.6. The number of aliphatic hydroxyl groups excluding tert-OH is 5. The van der Waals surface area contributed by atoms with E-state index in [1.807, 2.05) is 31.2 Å². The van der Waals surface area contributed by atoms with Gasteiger partial charge in [-0.1, -0.05) is 35.9 Å². The first-order valence-electron chi connectivity index (χ1n) is 9.68. The van der Waals surface area contributed by atoms with Crippen molar-refractivity contribution in [1.29, 1.82) is 0 Å². The largest absolute Gasteiger partial charge is 0.494 e. The fourth-order valence-electron chi connectivity index (χ4n) is 3.19. The zero-order valence-electron chi connectivity index (χ0n) is 17.0. The zero-order chi connectivity index (χ0) is 22.3. The molecule has 2 rings (SSSR count). The van der Waals surface area contributed by atoms with Crippen molar-refractivity contribution in [2.45, 2.75) is 43.9 Å². The quantitative estimate of drug-likeness (QED) is 0.358. The van der Waals surface area contributed by atoms with Crippen LogP contribution in [0, 0.1) is 0 Å². The van der Waals surface area contributed by atoms with Crippen molar-refractivity contribution < 1.29 is 35.0 Å². The van der Waals surface area contributed by atoms with Crippen LogP contribution in [0.3, 0.4) is 0 Å². The van der Waals surface area contributed by atoms with Crippen LogP contribution >= 0.6 is 11.6 Å². The summed E-state index contributed by atoms with van der Waals surface area (Å²) in [4.78, 5) is 0. The third-order valence-electron chi connectivity index (χ3n) is 4.87. The van der Waals surface area contributed by atoms with Crippen LogP contribution in [0.5, 0.6) is 5.75 Å². The van der Waals surface area contributed by atoms with Gasteiger partial charge in [0.05, 0.1) is 13.2 Å². The molecule has 166 valence electrons. The Hall–Kier alpha value is -1.71. The molecule has 0 saturated carbocycles. The first-order chi connectivity index (χ1) is 14.3. The summed E-state index contributed by atoms with van der Waals surface area (Å²) in [7, 11) is 1.36. The maximum absolute atomic E-state index is 10.5. The predicted octanol–water partition coefficient (Wildman–Crippen LogP) is 1.45. The standard InChI is InChI=1S/C22H29ClO7/c1-3-30-16-7-4-13(5-8-16)10-15-11-14(6-9-17(15)23)22(29-2)21(28)20(27)19(26)18(25)12-24/h4-9,11,18-22,24-28H,3,10,12H2,1-2H3/t18-,19-,20+,21-,22+/m1/s1. The van der Waals surface area contributed by atoms with E-state index in [0.29, 0.717) is 23.6 Å². The van der Waals surface area contributed by atoms with Crippen LogP contribution in [-0.2, 0) is 11.2 Å². The minimum absolute atomic E-state index is 0.528. The maximum Gasteiger partial charge on any atom is 0.119 e. The van der Waals surface area contributed by atoms with Crippen LogP contribution in [0.2, 0.25) is 5.02 Å². The van der Waals surface area contributed by atoms with E-state index in [0.717, 1.165) is 16.9 Å². The SMILES string of the molecule is CCOc1ccc(Cc2cc([C@H](OC)[C@H](O)[C@@H](O)[C@H](O)[C@H](O)CO)ccc2Cl)cc1. The Morgan fingerprint density at radius 1 is 0.933 bits per heavy atom. The van der Waals surface area contributed by atoms with Crippen molar-refractivity contribution in [1.82, 2.24) is 0 Å². The smallest absolute Gasteiger partial charge is 0.119 e.